The highest BCUT2D eigenvalue weighted by Crippen LogP contribution is 2.20. The minimum Gasteiger partial charge on any atom is -0.465 e. The minimum absolute atomic E-state index is 0.208. The first-order valence-electron chi connectivity index (χ1n) is 8.84. The van der Waals surface area contributed by atoms with E-state index in [1.807, 2.05) is 12.1 Å². The highest BCUT2D eigenvalue weighted by molar-refractivity contribution is 6.14. The molecule has 0 saturated carbocycles. The van der Waals surface area contributed by atoms with E-state index >= 15 is 0 Å². The van der Waals surface area contributed by atoms with Gasteiger partial charge in [0.15, 0.2) is 5.92 Å². The van der Waals surface area contributed by atoms with E-state index in [4.69, 9.17) is 0 Å². The molecule has 0 fully saturated rings. The third kappa shape index (κ3) is 5.04. The monoisotopic (exact) mass is 389 g/mol. The number of nitrogens with zero attached hydrogens (tertiary/aromatic N) is 1. The lowest BCUT2D eigenvalue weighted by Gasteiger charge is -2.17. The summed E-state index contributed by atoms with van der Waals surface area (Å²) in [6.45, 7) is 0. The predicted octanol–water partition coefficient (Wildman–Crippen LogP) is 3.23. The van der Waals surface area contributed by atoms with Gasteiger partial charge in [-0.25, -0.2) is 4.79 Å². The summed E-state index contributed by atoms with van der Waals surface area (Å²) in [5.74, 6) is -2.85. The van der Waals surface area contributed by atoms with E-state index in [-0.39, 0.29) is 11.3 Å². The lowest BCUT2D eigenvalue weighted by Crippen LogP contribution is -2.32. The molecule has 1 heterocycles. The number of esters is 1. The van der Waals surface area contributed by atoms with Gasteiger partial charge < -0.3 is 15.4 Å². The van der Waals surface area contributed by atoms with Crippen LogP contribution >= 0.6 is 0 Å². The van der Waals surface area contributed by atoms with E-state index in [9.17, 15) is 14.4 Å². The standard InChI is InChI=1S/C22H19N3O4/c1-29-22(28)15-12-13-18(23-14-15)19(20(26)24-16-8-4-2-5-9-16)21(27)25-17-10-6-3-7-11-17/h2-14,19H,1H3,(H,24,26)(H,25,27). The van der Waals surface area contributed by atoms with Gasteiger partial charge in [0.2, 0.25) is 11.8 Å². The van der Waals surface area contributed by atoms with Crippen LogP contribution in [0.15, 0.2) is 79.0 Å². The minimum atomic E-state index is -1.22. The predicted molar refractivity (Wildman–Crippen MR) is 108 cm³/mol. The number of rotatable bonds is 6. The Bertz CT molecular complexity index is 936. The van der Waals surface area contributed by atoms with Crippen LogP contribution in [0.4, 0.5) is 11.4 Å². The van der Waals surface area contributed by atoms with Crippen molar-refractivity contribution >= 4 is 29.2 Å². The molecule has 0 bridgehead atoms. The molecule has 7 nitrogen and oxygen atoms in total. The normalized spacial score (nSPS) is 10.3. The largest absolute Gasteiger partial charge is 0.465 e. The highest BCUT2D eigenvalue weighted by atomic mass is 16.5. The van der Waals surface area contributed by atoms with Crippen LogP contribution in [0.1, 0.15) is 22.0 Å². The Morgan fingerprint density at radius 3 is 1.72 bits per heavy atom. The van der Waals surface area contributed by atoms with E-state index in [0.717, 1.165) is 0 Å². The fourth-order valence-corrected chi connectivity index (χ4v) is 2.67. The molecule has 29 heavy (non-hydrogen) atoms. The molecule has 0 aliphatic heterocycles. The second kappa shape index (κ2) is 9.27. The molecule has 2 N–H and O–H groups in total. The van der Waals surface area contributed by atoms with Crippen molar-refractivity contribution in [3.63, 3.8) is 0 Å². The number of hydrogen-bond acceptors (Lipinski definition) is 5. The van der Waals surface area contributed by atoms with Crippen molar-refractivity contribution in [1.82, 2.24) is 4.98 Å². The molecule has 3 aromatic rings. The maximum atomic E-state index is 12.9. The van der Waals surface area contributed by atoms with Crippen molar-refractivity contribution in [3.8, 4) is 0 Å². The van der Waals surface area contributed by atoms with Crippen molar-refractivity contribution in [2.24, 2.45) is 0 Å². The van der Waals surface area contributed by atoms with Gasteiger partial charge >= 0.3 is 5.97 Å². The van der Waals surface area contributed by atoms with Crippen LogP contribution in [0.2, 0.25) is 0 Å². The van der Waals surface area contributed by atoms with Gasteiger partial charge in [-0.15, -0.1) is 0 Å². The lowest BCUT2D eigenvalue weighted by atomic mass is 10.0. The first-order valence-corrected chi connectivity index (χ1v) is 8.84. The number of carbonyl (C=O) groups is 3. The van der Waals surface area contributed by atoms with Gasteiger partial charge in [0, 0.05) is 17.6 Å². The summed E-state index contributed by atoms with van der Waals surface area (Å²) in [5, 5.41) is 5.45. The van der Waals surface area contributed by atoms with Crippen LogP contribution in [-0.2, 0) is 14.3 Å². The Labute approximate surface area is 167 Å². The summed E-state index contributed by atoms with van der Waals surface area (Å²) in [6, 6.07) is 20.6. The number of aromatic nitrogens is 1. The number of para-hydroxylation sites is 2. The number of nitrogens with one attached hydrogen (secondary N) is 2. The van der Waals surface area contributed by atoms with Crippen LogP contribution < -0.4 is 10.6 Å². The Morgan fingerprint density at radius 1 is 0.793 bits per heavy atom. The number of amides is 2. The summed E-state index contributed by atoms with van der Waals surface area (Å²) >= 11 is 0. The van der Waals surface area contributed by atoms with Gasteiger partial charge in [0.05, 0.1) is 18.4 Å². The lowest BCUT2D eigenvalue weighted by molar-refractivity contribution is -0.126. The van der Waals surface area contributed by atoms with E-state index in [2.05, 4.69) is 20.4 Å². The fourth-order valence-electron chi connectivity index (χ4n) is 2.67. The molecule has 146 valence electrons. The van der Waals surface area contributed by atoms with E-state index in [1.165, 1.54) is 25.4 Å². The average molecular weight is 389 g/mol. The van der Waals surface area contributed by atoms with E-state index in [0.29, 0.717) is 11.4 Å². The summed E-state index contributed by atoms with van der Waals surface area (Å²) in [5.41, 5.74) is 1.55. The smallest absolute Gasteiger partial charge is 0.339 e. The molecule has 0 spiro atoms. The Kier molecular flexibility index (Phi) is 6.32. The van der Waals surface area contributed by atoms with Gasteiger partial charge in [-0.2, -0.15) is 0 Å². The molecular formula is C22H19N3O4. The summed E-state index contributed by atoms with van der Waals surface area (Å²) in [7, 11) is 1.26. The van der Waals surface area contributed by atoms with Crippen LogP contribution in [0.5, 0.6) is 0 Å². The first kappa shape index (κ1) is 19.8. The molecular weight excluding hydrogens is 370 g/mol. The van der Waals surface area contributed by atoms with Crippen LogP contribution in [0.3, 0.4) is 0 Å². The van der Waals surface area contributed by atoms with Crippen LogP contribution in [0, 0.1) is 0 Å². The third-order valence-electron chi connectivity index (χ3n) is 4.11. The van der Waals surface area contributed by atoms with Gasteiger partial charge in [-0.3, -0.25) is 14.6 Å². The number of anilines is 2. The third-order valence-corrected chi connectivity index (χ3v) is 4.11. The number of carbonyl (C=O) groups excluding carboxylic acids is 3. The van der Waals surface area contributed by atoms with Crippen molar-refractivity contribution < 1.29 is 19.1 Å². The molecule has 1 aromatic heterocycles. The number of benzene rings is 2. The zero-order valence-electron chi connectivity index (χ0n) is 15.7. The number of ether oxygens (including phenoxy) is 1. The molecule has 2 aromatic carbocycles. The molecule has 0 saturated heterocycles. The second-order valence-corrected chi connectivity index (χ2v) is 6.11. The van der Waals surface area contributed by atoms with Crippen molar-refractivity contribution in [3.05, 3.63) is 90.3 Å². The van der Waals surface area contributed by atoms with E-state index < -0.39 is 23.7 Å². The topological polar surface area (TPSA) is 97.4 Å². The van der Waals surface area contributed by atoms with Crippen molar-refractivity contribution in [1.29, 1.82) is 0 Å². The maximum Gasteiger partial charge on any atom is 0.339 e. The number of hydrogen-bond donors (Lipinski definition) is 2. The second-order valence-electron chi connectivity index (χ2n) is 6.11. The van der Waals surface area contributed by atoms with Gasteiger partial charge in [0.25, 0.3) is 0 Å². The quantitative estimate of drug-likeness (QED) is 0.498. The van der Waals surface area contributed by atoms with Crippen molar-refractivity contribution in [2.75, 3.05) is 17.7 Å². The molecule has 2 amide bonds. The Balaban J connectivity index is 1.89. The molecule has 0 radical (unpaired) electrons. The van der Waals surface area contributed by atoms with Crippen molar-refractivity contribution in [2.45, 2.75) is 5.92 Å². The first-order chi connectivity index (χ1) is 14.1. The van der Waals surface area contributed by atoms with Crippen LogP contribution in [-0.4, -0.2) is 29.9 Å². The van der Waals surface area contributed by atoms with Gasteiger partial charge in [-0.05, 0) is 36.4 Å². The maximum absolute atomic E-state index is 12.9. The molecule has 0 unspecified atom stereocenters. The SMILES string of the molecule is COC(=O)c1ccc(C(C(=O)Nc2ccccc2)C(=O)Nc2ccccc2)nc1. The molecule has 3 rings (SSSR count). The zero-order chi connectivity index (χ0) is 20.6. The Hall–Kier alpha value is -4.00. The van der Waals surface area contributed by atoms with E-state index in [1.54, 1.807) is 48.5 Å². The highest BCUT2D eigenvalue weighted by Gasteiger charge is 2.30. The summed E-state index contributed by atoms with van der Waals surface area (Å²) in [4.78, 5) is 41.6. The molecule has 0 aliphatic rings. The molecule has 7 heteroatoms. The van der Waals surface area contributed by atoms with Gasteiger partial charge in [-0.1, -0.05) is 36.4 Å². The Morgan fingerprint density at radius 2 is 1.31 bits per heavy atom. The van der Waals surface area contributed by atoms with Crippen LogP contribution in [0.25, 0.3) is 0 Å². The fraction of sp³-hybridized carbons (Fsp3) is 0.0909. The van der Waals surface area contributed by atoms with Gasteiger partial charge in [0.1, 0.15) is 0 Å². The average Bonchev–Trinajstić information content (AvgIpc) is 2.75. The number of pyridine rings is 1. The summed E-state index contributed by atoms with van der Waals surface area (Å²) < 4.78 is 4.65. The zero-order valence-corrected chi connectivity index (χ0v) is 15.7. The summed E-state index contributed by atoms with van der Waals surface area (Å²) in [6.07, 6.45) is 1.28. The number of methoxy groups -OCH3 is 1. The molecule has 0 aliphatic carbocycles. The molecule has 0 atom stereocenters.